The maximum absolute atomic E-state index is 10.6. The van der Waals surface area contributed by atoms with E-state index in [0.717, 1.165) is 16.8 Å². The maximum Gasteiger partial charge on any atom is 0.224 e. The highest BCUT2D eigenvalue weighted by molar-refractivity contribution is 6.26. The number of carbonyl (C=O) groups is 2. The summed E-state index contributed by atoms with van der Waals surface area (Å²) in [5.74, 6) is 0. The largest absolute Gasteiger partial charge is 0.391 e. The summed E-state index contributed by atoms with van der Waals surface area (Å²) >= 11 is 0. The SMILES string of the molecule is CC(C=O)=NOCc1c(C)cccc1N(C)NNN(C)C=O. The van der Waals surface area contributed by atoms with Crippen LogP contribution in [-0.2, 0) is 21.0 Å². The third kappa shape index (κ3) is 5.15. The molecule has 0 fully saturated rings. The van der Waals surface area contributed by atoms with Crippen molar-refractivity contribution >= 4 is 24.1 Å². The number of oxime groups is 1. The van der Waals surface area contributed by atoms with Crippen molar-refractivity contribution in [2.75, 3.05) is 19.1 Å². The van der Waals surface area contributed by atoms with Crippen LogP contribution in [-0.4, -0.2) is 37.5 Å². The van der Waals surface area contributed by atoms with Crippen LogP contribution in [0.25, 0.3) is 0 Å². The van der Waals surface area contributed by atoms with E-state index in [-0.39, 0.29) is 12.3 Å². The first-order chi connectivity index (χ1) is 10.5. The molecule has 0 aliphatic rings. The predicted molar refractivity (Wildman–Crippen MR) is 83.6 cm³/mol. The van der Waals surface area contributed by atoms with Crippen LogP contribution in [0.2, 0.25) is 0 Å². The monoisotopic (exact) mass is 307 g/mol. The lowest BCUT2D eigenvalue weighted by Gasteiger charge is -2.26. The fourth-order valence-corrected chi connectivity index (χ4v) is 1.65. The Morgan fingerprint density at radius 2 is 2.05 bits per heavy atom. The van der Waals surface area contributed by atoms with Crippen molar-refractivity contribution in [1.82, 2.24) is 16.1 Å². The van der Waals surface area contributed by atoms with Gasteiger partial charge in [-0.3, -0.25) is 19.6 Å². The summed E-state index contributed by atoms with van der Waals surface area (Å²) in [6.07, 6.45) is 1.27. The topological polar surface area (TPSA) is 86.3 Å². The third-order valence-corrected chi connectivity index (χ3v) is 2.89. The molecular formula is C14H21N5O3. The molecule has 0 atom stereocenters. The zero-order valence-electron chi connectivity index (χ0n) is 13.2. The Morgan fingerprint density at radius 1 is 1.32 bits per heavy atom. The number of carbonyl (C=O) groups excluding carboxylic acids is 2. The Bertz CT molecular complexity index is 547. The quantitative estimate of drug-likeness (QED) is 0.393. The number of aldehydes is 1. The van der Waals surface area contributed by atoms with Gasteiger partial charge in [-0.1, -0.05) is 17.3 Å². The van der Waals surface area contributed by atoms with Crippen molar-refractivity contribution in [2.24, 2.45) is 5.16 Å². The molecule has 0 saturated carbocycles. The lowest BCUT2D eigenvalue weighted by molar-refractivity contribution is -0.120. The first-order valence-electron chi connectivity index (χ1n) is 6.63. The number of aryl methyl sites for hydroxylation is 1. The summed E-state index contributed by atoms with van der Waals surface area (Å²) in [6, 6.07) is 5.77. The highest BCUT2D eigenvalue weighted by Crippen LogP contribution is 2.22. The van der Waals surface area contributed by atoms with Crippen LogP contribution in [0.3, 0.4) is 0 Å². The average molecular weight is 307 g/mol. The fourth-order valence-electron chi connectivity index (χ4n) is 1.65. The average Bonchev–Trinajstić information content (AvgIpc) is 2.53. The summed E-state index contributed by atoms with van der Waals surface area (Å²) in [4.78, 5) is 26.3. The Hall–Kier alpha value is -2.45. The summed E-state index contributed by atoms with van der Waals surface area (Å²) in [5.41, 5.74) is 8.61. The van der Waals surface area contributed by atoms with Gasteiger partial charge in [0.05, 0.1) is 5.69 Å². The number of hydrogen-bond acceptors (Lipinski definition) is 7. The van der Waals surface area contributed by atoms with Crippen molar-refractivity contribution in [2.45, 2.75) is 20.5 Å². The van der Waals surface area contributed by atoms with E-state index in [1.54, 1.807) is 26.0 Å². The van der Waals surface area contributed by atoms with Crippen molar-refractivity contribution in [1.29, 1.82) is 0 Å². The zero-order valence-corrected chi connectivity index (χ0v) is 13.2. The minimum absolute atomic E-state index is 0.225. The van der Waals surface area contributed by atoms with E-state index in [1.807, 2.05) is 25.1 Å². The molecule has 0 aliphatic carbocycles. The van der Waals surface area contributed by atoms with Crippen molar-refractivity contribution < 1.29 is 14.4 Å². The second-order valence-corrected chi connectivity index (χ2v) is 4.70. The molecule has 22 heavy (non-hydrogen) atoms. The molecular weight excluding hydrogens is 286 g/mol. The van der Waals surface area contributed by atoms with Crippen LogP contribution in [0.15, 0.2) is 23.4 Å². The predicted octanol–water partition coefficient (Wildman–Crippen LogP) is 0.535. The van der Waals surface area contributed by atoms with Crippen molar-refractivity contribution in [3.63, 3.8) is 0 Å². The molecule has 8 nitrogen and oxygen atoms in total. The Balaban J connectivity index is 2.83. The smallest absolute Gasteiger partial charge is 0.224 e. The highest BCUT2D eigenvalue weighted by Gasteiger charge is 2.10. The van der Waals surface area contributed by atoms with E-state index in [1.165, 1.54) is 5.01 Å². The summed E-state index contributed by atoms with van der Waals surface area (Å²) in [6.45, 7) is 3.75. The van der Waals surface area contributed by atoms with Crippen LogP contribution in [0.5, 0.6) is 0 Å². The lowest BCUT2D eigenvalue weighted by atomic mass is 10.1. The van der Waals surface area contributed by atoms with Gasteiger partial charge in [0.15, 0.2) is 6.29 Å². The second kappa shape index (κ2) is 8.75. The van der Waals surface area contributed by atoms with Gasteiger partial charge in [-0.2, -0.15) is 5.53 Å². The van der Waals surface area contributed by atoms with E-state index in [2.05, 4.69) is 16.2 Å². The Kier molecular flexibility index (Phi) is 7.00. The summed E-state index contributed by atoms with van der Waals surface area (Å²) < 4.78 is 0. The highest BCUT2D eigenvalue weighted by atomic mass is 16.6. The van der Waals surface area contributed by atoms with Crippen LogP contribution in [0.1, 0.15) is 18.1 Å². The molecule has 0 spiro atoms. The van der Waals surface area contributed by atoms with E-state index >= 15 is 0 Å². The first-order valence-corrected chi connectivity index (χ1v) is 6.63. The van der Waals surface area contributed by atoms with Gasteiger partial charge in [0.2, 0.25) is 6.41 Å². The number of nitrogens with zero attached hydrogens (tertiary/aromatic N) is 3. The van der Waals surface area contributed by atoms with Gasteiger partial charge < -0.3 is 4.84 Å². The van der Waals surface area contributed by atoms with Gasteiger partial charge in [-0.15, -0.1) is 5.53 Å². The van der Waals surface area contributed by atoms with Gasteiger partial charge in [0, 0.05) is 19.7 Å². The number of hydrazine groups is 3. The number of benzene rings is 1. The molecule has 1 amide bonds. The first kappa shape index (κ1) is 17.6. The molecule has 2 N–H and O–H groups in total. The number of rotatable bonds is 9. The Labute approximate surface area is 129 Å². The lowest BCUT2D eigenvalue weighted by Crippen LogP contribution is -2.52. The third-order valence-electron chi connectivity index (χ3n) is 2.89. The fraction of sp³-hybridized carbons (Fsp3) is 0.357. The zero-order chi connectivity index (χ0) is 16.5. The van der Waals surface area contributed by atoms with E-state index in [0.29, 0.717) is 12.7 Å². The molecule has 0 aromatic heterocycles. The molecule has 0 radical (unpaired) electrons. The Morgan fingerprint density at radius 3 is 2.68 bits per heavy atom. The van der Waals surface area contributed by atoms with Crippen molar-refractivity contribution in [3.8, 4) is 0 Å². The molecule has 0 bridgehead atoms. The number of anilines is 1. The van der Waals surface area contributed by atoms with Gasteiger partial charge in [-0.25, -0.2) is 0 Å². The molecule has 120 valence electrons. The van der Waals surface area contributed by atoms with E-state index in [4.69, 9.17) is 4.84 Å². The van der Waals surface area contributed by atoms with Crippen LogP contribution < -0.4 is 16.1 Å². The van der Waals surface area contributed by atoms with Crippen LogP contribution >= 0.6 is 0 Å². The van der Waals surface area contributed by atoms with Gasteiger partial charge in [0.1, 0.15) is 12.3 Å². The number of amides is 1. The molecule has 1 aromatic rings. The van der Waals surface area contributed by atoms with Gasteiger partial charge >= 0.3 is 0 Å². The number of hydrogen-bond donors (Lipinski definition) is 2. The van der Waals surface area contributed by atoms with Crippen LogP contribution in [0.4, 0.5) is 5.69 Å². The van der Waals surface area contributed by atoms with E-state index in [9.17, 15) is 9.59 Å². The van der Waals surface area contributed by atoms with E-state index < -0.39 is 0 Å². The minimum atomic E-state index is 0.225. The van der Waals surface area contributed by atoms with Gasteiger partial charge in [0.25, 0.3) is 0 Å². The molecule has 1 rings (SSSR count). The molecule has 1 aromatic carbocycles. The van der Waals surface area contributed by atoms with Crippen LogP contribution in [0, 0.1) is 6.92 Å². The standard InChI is InChI=1S/C14H21N5O3/c1-11-6-5-7-14(19(4)17-16-18(3)10-21)13(11)9-22-15-12(2)8-20/h5-8,10,16-17H,9H2,1-4H3. The molecule has 0 saturated heterocycles. The molecule has 8 heteroatoms. The minimum Gasteiger partial charge on any atom is -0.391 e. The molecule has 0 unspecified atom stereocenters. The van der Waals surface area contributed by atoms with Gasteiger partial charge in [-0.05, 0) is 25.5 Å². The summed E-state index contributed by atoms with van der Waals surface area (Å²) in [7, 11) is 3.37. The normalized spacial score (nSPS) is 11.0. The molecule has 0 heterocycles. The van der Waals surface area contributed by atoms with Crippen molar-refractivity contribution in [3.05, 3.63) is 29.3 Å². The second-order valence-electron chi connectivity index (χ2n) is 4.70. The number of nitrogens with one attached hydrogen (secondary N) is 2. The molecule has 0 aliphatic heterocycles. The maximum atomic E-state index is 10.6. The summed E-state index contributed by atoms with van der Waals surface area (Å²) in [5, 5.41) is 6.65.